The van der Waals surface area contributed by atoms with E-state index >= 15 is 0 Å². The molecular weight excluding hydrogens is 903 g/mol. The van der Waals surface area contributed by atoms with Crippen molar-refractivity contribution in [2.75, 3.05) is 0 Å². The first kappa shape index (κ1) is 46.9. The van der Waals surface area contributed by atoms with Crippen LogP contribution in [-0.4, -0.2) is 5.43 Å². The van der Waals surface area contributed by atoms with Gasteiger partial charge in [-0.15, -0.1) is 24.8 Å². The summed E-state index contributed by atoms with van der Waals surface area (Å²) in [5.74, 6) is 0. The summed E-state index contributed by atoms with van der Waals surface area (Å²) in [5, 5.41) is 0. The summed E-state index contributed by atoms with van der Waals surface area (Å²) in [7, 11) is 0. The minimum absolute atomic E-state index is 0. The molecule has 60 heavy (non-hydrogen) atoms. The van der Waals surface area contributed by atoms with E-state index in [0.29, 0.717) is 7.25 Å². The van der Waals surface area contributed by atoms with Gasteiger partial charge in [0.25, 0.3) is 0 Å². The molecule has 8 rings (SSSR count). The van der Waals surface area contributed by atoms with E-state index in [1.165, 1.54) is 86.3 Å². The number of benzene rings is 4. The van der Waals surface area contributed by atoms with Crippen LogP contribution in [0.1, 0.15) is 124 Å². The molecule has 2 aliphatic rings. The first-order valence-corrected chi connectivity index (χ1v) is 31.7. The second-order valence-corrected chi connectivity index (χ2v) is 39.8. The Morgan fingerprint density at radius 3 is 1.13 bits per heavy atom. The van der Waals surface area contributed by atoms with Gasteiger partial charge < -0.3 is 0 Å². The fourth-order valence-electron chi connectivity index (χ4n) is 9.57. The molecule has 0 N–H and O–H groups in total. The predicted molar refractivity (Wildman–Crippen MR) is 271 cm³/mol. The minimum Gasteiger partial charge on any atom is -0.147 e. The second-order valence-electron chi connectivity index (χ2n) is 19.4. The molecule has 0 aliphatic heterocycles. The average Bonchev–Trinajstić information content (AvgIpc) is 3.95. The summed E-state index contributed by atoms with van der Waals surface area (Å²) >= 11 is 1.41. The number of allylic oxidation sites excluding steroid dienone is 2. The molecule has 0 fully saturated rings. The summed E-state index contributed by atoms with van der Waals surface area (Å²) < 4.78 is 0.950. The van der Waals surface area contributed by atoms with Crippen LogP contribution in [0.5, 0.6) is 0 Å². The maximum Gasteiger partial charge on any atom is -0.147 e. The number of halogens is 2. The van der Waals surface area contributed by atoms with Gasteiger partial charge in [-0.3, -0.25) is 0 Å². The Bertz CT molecular complexity index is 2520. The van der Waals surface area contributed by atoms with Crippen LogP contribution in [0.4, 0.5) is 0 Å². The van der Waals surface area contributed by atoms with Crippen molar-refractivity contribution in [1.82, 2.24) is 0 Å². The fraction of sp³-hybridized carbons (Fsp3) is 0.333. The topological polar surface area (TPSA) is 0 Å². The number of fused-ring (bicyclic) bond motifs is 2. The monoisotopic (exact) mass is 962 g/mol. The van der Waals surface area contributed by atoms with Crippen molar-refractivity contribution >= 4 is 76.2 Å². The second kappa shape index (κ2) is 17.5. The van der Waals surface area contributed by atoms with Crippen LogP contribution in [-0.2, 0) is 31.2 Å². The van der Waals surface area contributed by atoms with Crippen molar-refractivity contribution in [2.45, 2.75) is 114 Å². The van der Waals surface area contributed by atoms with Crippen LogP contribution in [0.2, 0.25) is 13.1 Å². The SMILES string of the molecule is Cc1ccc(C2=Cc3c(cc(C)c(C)c3-c3ccc(C(C)(C)C)cc3)[CH]2[Zr]([CH]2C(c3ccc(C)s3)=Cc3c2cc(C)c(C)c3-c2ccc(C(C)(C)C)cc2)=[Si](C)C)s1.Cl.Cl. The molecule has 312 valence electrons. The van der Waals surface area contributed by atoms with Crippen molar-refractivity contribution in [3.8, 4) is 22.3 Å². The molecule has 0 saturated carbocycles. The van der Waals surface area contributed by atoms with E-state index < -0.39 is 25.8 Å². The molecule has 2 aliphatic carbocycles. The molecule has 2 heterocycles. The van der Waals surface area contributed by atoms with Crippen LogP contribution in [0, 0.1) is 41.5 Å². The molecule has 4 aromatic carbocycles. The van der Waals surface area contributed by atoms with Gasteiger partial charge in [-0.2, -0.15) is 0 Å². The first-order chi connectivity index (χ1) is 27.3. The Morgan fingerprint density at radius 1 is 0.500 bits per heavy atom. The van der Waals surface area contributed by atoms with Gasteiger partial charge in [-0.1, -0.05) is 0 Å². The van der Waals surface area contributed by atoms with Crippen molar-refractivity contribution < 1.29 is 20.4 Å². The number of hydrogen-bond acceptors (Lipinski definition) is 2. The summed E-state index contributed by atoms with van der Waals surface area (Å²) in [5.41, 5.74) is 22.9. The van der Waals surface area contributed by atoms with Gasteiger partial charge in [0.15, 0.2) is 0 Å². The Hall–Kier alpha value is -2.56. The van der Waals surface area contributed by atoms with Gasteiger partial charge in [0.05, 0.1) is 0 Å². The van der Waals surface area contributed by atoms with Gasteiger partial charge >= 0.3 is 368 Å². The smallest absolute Gasteiger partial charge is 0.147 e. The molecule has 0 nitrogen and oxygen atoms in total. The fourth-order valence-corrected chi connectivity index (χ4v) is 31.7. The number of thiophene rings is 2. The van der Waals surface area contributed by atoms with Gasteiger partial charge in [0.2, 0.25) is 0 Å². The molecule has 0 spiro atoms. The van der Waals surface area contributed by atoms with Crippen molar-refractivity contribution in [2.24, 2.45) is 0 Å². The molecule has 2 atom stereocenters. The summed E-state index contributed by atoms with van der Waals surface area (Å²) in [6.45, 7) is 33.3. The van der Waals surface area contributed by atoms with E-state index in [1.807, 2.05) is 22.7 Å². The molecule has 6 aromatic rings. The van der Waals surface area contributed by atoms with E-state index in [9.17, 15) is 0 Å². The van der Waals surface area contributed by atoms with Gasteiger partial charge in [0.1, 0.15) is 0 Å². The number of aryl methyl sites for hydroxylation is 4. The zero-order chi connectivity index (χ0) is 41.6. The average molecular weight is 965 g/mol. The van der Waals surface area contributed by atoms with E-state index in [4.69, 9.17) is 0 Å². The molecule has 0 radical (unpaired) electrons. The van der Waals surface area contributed by atoms with Gasteiger partial charge in [-0.05, 0) is 0 Å². The third-order valence-electron chi connectivity index (χ3n) is 13.0. The molecule has 0 amide bonds. The molecule has 2 unspecified atom stereocenters. The van der Waals surface area contributed by atoms with E-state index in [2.05, 4.69) is 193 Å². The van der Waals surface area contributed by atoms with Crippen LogP contribution >= 0.6 is 47.5 Å². The molecule has 2 aromatic heterocycles. The normalized spacial score (nSPS) is 15.8. The molecule has 0 bridgehead atoms. The van der Waals surface area contributed by atoms with Crippen molar-refractivity contribution in [3.63, 3.8) is 0 Å². The van der Waals surface area contributed by atoms with Crippen molar-refractivity contribution in [3.05, 3.63) is 160 Å². The Balaban J connectivity index is 0.00000302. The van der Waals surface area contributed by atoms with Gasteiger partial charge in [-0.25, -0.2) is 0 Å². The first-order valence-electron chi connectivity index (χ1n) is 21.1. The molecule has 6 heteroatoms. The molecular formula is C54H62Cl2S2SiZr. The van der Waals surface area contributed by atoms with E-state index in [-0.39, 0.29) is 35.6 Å². The Kier molecular flexibility index (Phi) is 13.7. The Morgan fingerprint density at radius 2 is 0.850 bits per heavy atom. The van der Waals surface area contributed by atoms with E-state index in [1.54, 1.807) is 22.3 Å². The zero-order valence-corrected chi connectivity index (χ0v) is 44.7. The van der Waals surface area contributed by atoms with E-state index in [0.717, 1.165) is 0 Å². The minimum atomic E-state index is -2.59. The van der Waals surface area contributed by atoms with Crippen LogP contribution in [0.15, 0.2) is 84.9 Å². The number of hydrogen-bond donors (Lipinski definition) is 0. The summed E-state index contributed by atoms with van der Waals surface area (Å²) in [4.78, 5) is 5.74. The third-order valence-corrected chi connectivity index (χ3v) is 34.3. The quantitative estimate of drug-likeness (QED) is 0.146. The molecule has 0 saturated heterocycles. The van der Waals surface area contributed by atoms with Crippen LogP contribution < -0.4 is 0 Å². The van der Waals surface area contributed by atoms with Crippen LogP contribution in [0.3, 0.4) is 0 Å². The summed E-state index contributed by atoms with van der Waals surface area (Å²) in [6.07, 6.45) is 5.35. The predicted octanol–water partition coefficient (Wildman–Crippen LogP) is 17.2. The number of rotatable bonds is 6. The zero-order valence-electron chi connectivity index (χ0n) is 38.0. The standard InChI is InChI=1S/2C26H27S.C2H6Si.2ClH.Zr/c2*1-16-13-20-14-21(24-12-7-17(2)27-24)15-23(20)25(18(16)3)19-8-10-22(11-9-19)26(4,5)6;1-3-2;;;/h2*7-15H,1-6H3;1-2H3;2*1H;. The largest absolute Gasteiger partial charge is 0.147 e. The Labute approximate surface area is 389 Å². The van der Waals surface area contributed by atoms with Crippen LogP contribution in [0.25, 0.3) is 45.6 Å². The maximum atomic E-state index is 2.68. The maximum absolute atomic E-state index is 2.68. The summed E-state index contributed by atoms with van der Waals surface area (Å²) in [6, 6.07) is 34.0. The van der Waals surface area contributed by atoms with Gasteiger partial charge in [0, 0.05) is 0 Å². The third kappa shape index (κ3) is 8.45. The van der Waals surface area contributed by atoms with Crippen molar-refractivity contribution in [1.29, 1.82) is 0 Å².